The highest BCUT2D eigenvalue weighted by Crippen LogP contribution is 2.33. The molecule has 0 aliphatic heterocycles. The molecule has 2 heterocycles. The van der Waals surface area contributed by atoms with Crippen LogP contribution in [0.3, 0.4) is 0 Å². The Bertz CT molecular complexity index is 822. The molecule has 0 bridgehead atoms. The van der Waals surface area contributed by atoms with Crippen LogP contribution >= 0.6 is 39.1 Å². The summed E-state index contributed by atoms with van der Waals surface area (Å²) in [5.74, 6) is 1.09. The topological polar surface area (TPSA) is 35.6 Å². The SMILES string of the molecule is CCc1nn(C)c2c1nc(CCl)n2-c1cccc(Cl)c1Br. The van der Waals surface area contributed by atoms with Crippen molar-refractivity contribution in [3.8, 4) is 5.69 Å². The highest BCUT2D eigenvalue weighted by atomic mass is 79.9. The predicted octanol–water partition coefficient (Wildman–Crippen LogP) is 4.48. The van der Waals surface area contributed by atoms with Crippen LogP contribution in [0.5, 0.6) is 0 Å². The lowest BCUT2D eigenvalue weighted by atomic mass is 10.3. The second kappa shape index (κ2) is 5.63. The molecule has 110 valence electrons. The second-order valence-electron chi connectivity index (χ2n) is 4.67. The predicted molar refractivity (Wildman–Crippen MR) is 89.5 cm³/mol. The van der Waals surface area contributed by atoms with E-state index in [2.05, 4.69) is 32.9 Å². The molecule has 7 heteroatoms. The van der Waals surface area contributed by atoms with Crippen LogP contribution in [0.15, 0.2) is 22.7 Å². The number of hydrogen-bond donors (Lipinski definition) is 0. The Hall–Kier alpha value is -1.04. The van der Waals surface area contributed by atoms with Gasteiger partial charge in [-0.15, -0.1) is 11.6 Å². The molecule has 3 rings (SSSR count). The summed E-state index contributed by atoms with van der Waals surface area (Å²) in [6.07, 6.45) is 0.826. The zero-order chi connectivity index (χ0) is 15.1. The van der Waals surface area contributed by atoms with E-state index in [1.54, 1.807) is 0 Å². The molecule has 2 aromatic heterocycles. The van der Waals surface area contributed by atoms with Crippen molar-refractivity contribution in [2.45, 2.75) is 19.2 Å². The van der Waals surface area contributed by atoms with Gasteiger partial charge < -0.3 is 0 Å². The average Bonchev–Trinajstić information content (AvgIpc) is 2.99. The van der Waals surface area contributed by atoms with E-state index in [1.165, 1.54) is 0 Å². The maximum Gasteiger partial charge on any atom is 0.163 e. The van der Waals surface area contributed by atoms with Gasteiger partial charge in [0.1, 0.15) is 11.3 Å². The first kappa shape index (κ1) is 14.9. The Morgan fingerprint density at radius 2 is 2.10 bits per heavy atom. The van der Waals surface area contributed by atoms with Crippen LogP contribution in [-0.2, 0) is 19.3 Å². The van der Waals surface area contributed by atoms with Crippen LogP contribution in [0.4, 0.5) is 0 Å². The van der Waals surface area contributed by atoms with Crippen molar-refractivity contribution in [2.24, 2.45) is 7.05 Å². The Morgan fingerprint density at radius 3 is 2.76 bits per heavy atom. The van der Waals surface area contributed by atoms with E-state index in [1.807, 2.05) is 34.5 Å². The molecule has 3 aromatic rings. The summed E-state index contributed by atoms with van der Waals surface area (Å²) < 4.78 is 4.66. The van der Waals surface area contributed by atoms with Crippen molar-refractivity contribution in [1.29, 1.82) is 0 Å². The van der Waals surface area contributed by atoms with Gasteiger partial charge in [0.2, 0.25) is 0 Å². The Labute approximate surface area is 140 Å². The zero-order valence-electron chi connectivity index (χ0n) is 11.6. The maximum absolute atomic E-state index is 6.21. The quantitative estimate of drug-likeness (QED) is 0.621. The summed E-state index contributed by atoms with van der Waals surface area (Å²) in [6, 6.07) is 5.72. The summed E-state index contributed by atoms with van der Waals surface area (Å²) in [4.78, 5) is 4.65. The molecule has 0 fully saturated rings. The molecule has 0 atom stereocenters. The molecular formula is C14H13BrCl2N4. The molecule has 1 aromatic carbocycles. The van der Waals surface area contributed by atoms with Gasteiger partial charge in [0.05, 0.1) is 26.8 Å². The molecule has 0 aliphatic carbocycles. The van der Waals surface area contributed by atoms with Gasteiger partial charge >= 0.3 is 0 Å². The number of halogens is 3. The molecule has 0 unspecified atom stereocenters. The molecule has 0 aliphatic rings. The summed E-state index contributed by atoms with van der Waals surface area (Å²) in [5, 5.41) is 5.17. The molecule has 0 saturated carbocycles. The van der Waals surface area contributed by atoms with Gasteiger partial charge in [0.15, 0.2) is 5.65 Å². The van der Waals surface area contributed by atoms with Crippen molar-refractivity contribution in [3.05, 3.63) is 39.2 Å². The van der Waals surface area contributed by atoms with E-state index < -0.39 is 0 Å². The maximum atomic E-state index is 6.21. The Morgan fingerprint density at radius 1 is 1.33 bits per heavy atom. The molecule has 0 N–H and O–H groups in total. The minimum atomic E-state index is 0.316. The number of rotatable bonds is 3. The largest absolute Gasteiger partial charge is 0.279 e. The van der Waals surface area contributed by atoms with E-state index in [9.17, 15) is 0 Å². The van der Waals surface area contributed by atoms with Gasteiger partial charge in [-0.1, -0.05) is 24.6 Å². The smallest absolute Gasteiger partial charge is 0.163 e. The summed E-state index contributed by atoms with van der Waals surface area (Å²) >= 11 is 15.8. The number of aryl methyl sites for hydroxylation is 2. The van der Waals surface area contributed by atoms with E-state index >= 15 is 0 Å². The van der Waals surface area contributed by atoms with E-state index in [0.717, 1.165) is 39.3 Å². The highest BCUT2D eigenvalue weighted by molar-refractivity contribution is 9.10. The molecule has 0 spiro atoms. The highest BCUT2D eigenvalue weighted by Gasteiger charge is 2.20. The number of hydrogen-bond acceptors (Lipinski definition) is 2. The molecular weight excluding hydrogens is 375 g/mol. The van der Waals surface area contributed by atoms with Crippen LogP contribution in [-0.4, -0.2) is 19.3 Å². The lowest BCUT2D eigenvalue weighted by Gasteiger charge is -2.11. The third-order valence-corrected chi connectivity index (χ3v) is 5.02. The van der Waals surface area contributed by atoms with E-state index in [0.29, 0.717) is 10.9 Å². The number of nitrogens with zero attached hydrogens (tertiary/aromatic N) is 4. The monoisotopic (exact) mass is 386 g/mol. The van der Waals surface area contributed by atoms with Gasteiger partial charge in [-0.25, -0.2) is 9.67 Å². The average molecular weight is 388 g/mol. The normalized spacial score (nSPS) is 11.5. The molecule has 4 nitrogen and oxygen atoms in total. The Kier molecular flexibility index (Phi) is 3.99. The van der Waals surface area contributed by atoms with Gasteiger partial charge in [-0.2, -0.15) is 5.10 Å². The van der Waals surface area contributed by atoms with Crippen LogP contribution in [0, 0.1) is 0 Å². The third-order valence-electron chi connectivity index (χ3n) is 3.40. The molecule has 0 amide bonds. The third kappa shape index (κ3) is 2.28. The fraction of sp³-hybridized carbons (Fsp3) is 0.286. The van der Waals surface area contributed by atoms with Crippen molar-refractivity contribution in [1.82, 2.24) is 19.3 Å². The molecule has 0 saturated heterocycles. The van der Waals surface area contributed by atoms with Crippen molar-refractivity contribution in [2.75, 3.05) is 0 Å². The van der Waals surface area contributed by atoms with Gasteiger partial charge in [0, 0.05) is 7.05 Å². The summed E-state index contributed by atoms with van der Waals surface area (Å²) in [5.41, 5.74) is 3.69. The van der Waals surface area contributed by atoms with Gasteiger partial charge in [0.25, 0.3) is 0 Å². The van der Waals surface area contributed by atoms with Crippen LogP contribution in [0.25, 0.3) is 16.9 Å². The van der Waals surface area contributed by atoms with Crippen LogP contribution in [0.2, 0.25) is 5.02 Å². The van der Waals surface area contributed by atoms with Crippen molar-refractivity contribution >= 4 is 50.3 Å². The summed E-state index contributed by atoms with van der Waals surface area (Å²) in [6.45, 7) is 2.07. The first-order valence-corrected chi connectivity index (χ1v) is 8.22. The lowest BCUT2D eigenvalue weighted by molar-refractivity contribution is 0.744. The molecule has 21 heavy (non-hydrogen) atoms. The second-order valence-corrected chi connectivity index (χ2v) is 6.13. The fourth-order valence-corrected chi connectivity index (χ4v) is 3.26. The van der Waals surface area contributed by atoms with Crippen molar-refractivity contribution in [3.63, 3.8) is 0 Å². The van der Waals surface area contributed by atoms with Gasteiger partial charge in [-0.3, -0.25) is 4.57 Å². The van der Waals surface area contributed by atoms with Gasteiger partial charge in [-0.05, 0) is 34.5 Å². The minimum absolute atomic E-state index is 0.316. The number of alkyl halides is 1. The van der Waals surface area contributed by atoms with Crippen LogP contribution < -0.4 is 0 Å². The number of aromatic nitrogens is 4. The van der Waals surface area contributed by atoms with E-state index in [-0.39, 0.29) is 0 Å². The Balaban J connectivity index is 2.40. The van der Waals surface area contributed by atoms with Crippen LogP contribution in [0.1, 0.15) is 18.4 Å². The molecule has 0 radical (unpaired) electrons. The number of benzene rings is 1. The van der Waals surface area contributed by atoms with Crippen molar-refractivity contribution < 1.29 is 0 Å². The zero-order valence-corrected chi connectivity index (χ0v) is 14.7. The standard InChI is InChI=1S/C14H13BrCl2N4/c1-3-9-13-14(20(2)19-9)21(11(7-16)18-13)10-6-4-5-8(17)12(10)15/h4-6H,3,7H2,1-2H3. The first-order valence-electron chi connectivity index (χ1n) is 6.52. The number of fused-ring (bicyclic) bond motifs is 1. The summed E-state index contributed by atoms with van der Waals surface area (Å²) in [7, 11) is 1.91. The first-order chi connectivity index (χ1) is 10.1. The fourth-order valence-electron chi connectivity index (χ4n) is 2.47. The van der Waals surface area contributed by atoms with E-state index in [4.69, 9.17) is 23.2 Å². The number of imidazole rings is 1. The minimum Gasteiger partial charge on any atom is -0.279 e. The lowest BCUT2D eigenvalue weighted by Crippen LogP contribution is -2.05.